The number of carbonyl (C=O) groups is 3. The van der Waals surface area contributed by atoms with E-state index in [0.29, 0.717) is 41.8 Å². The van der Waals surface area contributed by atoms with Crippen LogP contribution in [0.15, 0.2) is 30.3 Å². The highest BCUT2D eigenvalue weighted by atomic mass is 16.2. The van der Waals surface area contributed by atoms with Crippen LogP contribution in [0.5, 0.6) is 0 Å². The fourth-order valence-corrected chi connectivity index (χ4v) is 4.31. The van der Waals surface area contributed by atoms with Crippen molar-refractivity contribution < 1.29 is 14.4 Å². The predicted octanol–water partition coefficient (Wildman–Crippen LogP) is 1.82. The molecule has 0 unspecified atom stereocenters. The van der Waals surface area contributed by atoms with E-state index in [4.69, 9.17) is 5.73 Å². The van der Waals surface area contributed by atoms with Crippen molar-refractivity contribution in [3.05, 3.63) is 41.5 Å². The molecule has 1 aliphatic rings. The van der Waals surface area contributed by atoms with E-state index in [-0.39, 0.29) is 17.8 Å². The number of nitrogens with two attached hydrogens (primary N) is 1. The van der Waals surface area contributed by atoms with Gasteiger partial charge in [0.15, 0.2) is 0 Å². The Balaban J connectivity index is 1.47. The number of unbranched alkanes of at least 4 members (excludes halogenated alkanes) is 1. The highest BCUT2D eigenvalue weighted by molar-refractivity contribution is 6.26. The Kier molecular flexibility index (Phi) is 11.3. The first-order chi connectivity index (χ1) is 17.9. The number of likely N-dealkylation sites (N-methyl/N-ethyl adjacent to an activating group) is 1. The summed E-state index contributed by atoms with van der Waals surface area (Å²) in [5.41, 5.74) is 6.94. The van der Waals surface area contributed by atoms with Gasteiger partial charge in [-0.15, -0.1) is 0 Å². The molecule has 3 rings (SSSR count). The van der Waals surface area contributed by atoms with Crippen molar-refractivity contribution in [2.24, 2.45) is 5.73 Å². The molecule has 202 valence electrons. The lowest BCUT2D eigenvalue weighted by atomic mass is 9.93. The van der Waals surface area contributed by atoms with Crippen molar-refractivity contribution in [3.8, 4) is 0 Å². The molecule has 10 heteroatoms. The normalized spacial score (nSPS) is 13.0. The summed E-state index contributed by atoms with van der Waals surface area (Å²) in [5, 5.41) is 13.9. The van der Waals surface area contributed by atoms with E-state index >= 15 is 0 Å². The summed E-state index contributed by atoms with van der Waals surface area (Å²) in [7, 11) is 3.80. The van der Waals surface area contributed by atoms with E-state index in [9.17, 15) is 14.4 Å². The lowest BCUT2D eigenvalue weighted by Crippen LogP contribution is -2.43. The Morgan fingerprint density at radius 2 is 1.57 bits per heavy atom. The summed E-state index contributed by atoms with van der Waals surface area (Å²) in [6.45, 7) is 5.90. The maximum atomic E-state index is 13.2. The number of hydrogen-bond acceptors (Lipinski definition) is 7. The molecule has 1 aliphatic heterocycles. The summed E-state index contributed by atoms with van der Waals surface area (Å²) < 4.78 is 0. The summed E-state index contributed by atoms with van der Waals surface area (Å²) >= 11 is 0. The number of benzene rings is 2. The number of carbonyl (C=O) groups excluding carboxylic acids is 3. The van der Waals surface area contributed by atoms with Crippen LogP contribution in [0.25, 0.3) is 10.8 Å². The van der Waals surface area contributed by atoms with Gasteiger partial charge in [-0.3, -0.25) is 14.5 Å². The quantitative estimate of drug-likeness (QED) is 0.172. The van der Waals surface area contributed by atoms with Crippen LogP contribution in [0.3, 0.4) is 0 Å². The zero-order valence-corrected chi connectivity index (χ0v) is 22.1. The molecule has 37 heavy (non-hydrogen) atoms. The van der Waals surface area contributed by atoms with Gasteiger partial charge in [-0.05, 0) is 96.1 Å². The highest BCUT2D eigenvalue weighted by Crippen LogP contribution is 2.32. The number of imide groups is 1. The van der Waals surface area contributed by atoms with Crippen LogP contribution in [0.2, 0.25) is 0 Å². The second-order valence-electron chi connectivity index (χ2n) is 9.58. The average molecular weight is 512 g/mol. The number of anilines is 1. The number of rotatable bonds is 16. The molecule has 0 atom stereocenters. The Labute approximate surface area is 219 Å². The third kappa shape index (κ3) is 8.22. The first-order valence-corrected chi connectivity index (χ1v) is 13.2. The van der Waals surface area contributed by atoms with Gasteiger partial charge in [0.1, 0.15) is 0 Å². The zero-order valence-electron chi connectivity index (χ0n) is 22.1. The van der Waals surface area contributed by atoms with E-state index in [2.05, 4.69) is 21.3 Å². The Bertz CT molecular complexity index is 1070. The van der Waals surface area contributed by atoms with Crippen LogP contribution in [0.4, 0.5) is 10.5 Å². The number of hydrogen-bond donors (Lipinski definition) is 5. The van der Waals surface area contributed by atoms with Gasteiger partial charge in [-0.2, -0.15) is 0 Å². The van der Waals surface area contributed by atoms with Crippen LogP contribution in [0.1, 0.15) is 46.4 Å². The van der Waals surface area contributed by atoms with Crippen LogP contribution in [-0.2, 0) is 0 Å². The molecule has 0 saturated carbocycles. The molecule has 0 aromatic heterocycles. The third-order valence-corrected chi connectivity index (χ3v) is 6.29. The van der Waals surface area contributed by atoms with Gasteiger partial charge in [0.2, 0.25) is 0 Å². The molecule has 0 saturated heterocycles. The number of nitrogens with zero attached hydrogens (tertiary/aromatic N) is 2. The lowest BCUT2D eigenvalue weighted by molar-refractivity contribution is 0.0601. The first kappa shape index (κ1) is 28.5. The van der Waals surface area contributed by atoms with Crippen LogP contribution < -0.4 is 27.0 Å². The van der Waals surface area contributed by atoms with Crippen LogP contribution >= 0.6 is 0 Å². The molecule has 0 spiro atoms. The number of urea groups is 1. The van der Waals surface area contributed by atoms with Crippen molar-refractivity contribution in [2.75, 3.05) is 71.8 Å². The predicted molar refractivity (Wildman–Crippen MR) is 148 cm³/mol. The van der Waals surface area contributed by atoms with Gasteiger partial charge >= 0.3 is 6.03 Å². The van der Waals surface area contributed by atoms with Gasteiger partial charge in [-0.1, -0.05) is 12.1 Å². The topological polar surface area (TPSA) is 132 Å². The first-order valence-electron chi connectivity index (χ1n) is 13.2. The molecule has 1 heterocycles. The van der Waals surface area contributed by atoms with E-state index in [1.54, 1.807) is 24.3 Å². The van der Waals surface area contributed by atoms with E-state index in [1.807, 2.05) is 25.1 Å². The SMILES string of the molecule is CN(C)CCN1C(=O)c2cccc3cc(NC(=O)NCCCNCCCNCCCCN)cc(c23)C1=O. The van der Waals surface area contributed by atoms with Gasteiger partial charge < -0.3 is 31.9 Å². The molecular formula is C27H41N7O3. The summed E-state index contributed by atoms with van der Waals surface area (Å²) in [6, 6.07) is 8.53. The molecule has 2 aromatic rings. The van der Waals surface area contributed by atoms with Crippen molar-refractivity contribution in [1.82, 2.24) is 25.8 Å². The molecule has 4 amide bonds. The van der Waals surface area contributed by atoms with Crippen LogP contribution in [0, 0.1) is 0 Å². The smallest absolute Gasteiger partial charge is 0.319 e. The van der Waals surface area contributed by atoms with Gasteiger partial charge in [0, 0.05) is 36.3 Å². The Morgan fingerprint density at radius 3 is 2.27 bits per heavy atom. The molecule has 0 radical (unpaired) electrons. The minimum absolute atomic E-state index is 0.282. The summed E-state index contributed by atoms with van der Waals surface area (Å²) in [6.07, 6.45) is 4.04. The lowest BCUT2D eigenvalue weighted by Gasteiger charge is -2.28. The number of nitrogens with one attached hydrogen (secondary N) is 4. The maximum Gasteiger partial charge on any atom is 0.319 e. The van der Waals surface area contributed by atoms with Crippen molar-refractivity contribution in [3.63, 3.8) is 0 Å². The third-order valence-electron chi connectivity index (χ3n) is 6.29. The van der Waals surface area contributed by atoms with Crippen LogP contribution in [-0.4, -0.2) is 94.1 Å². The van der Waals surface area contributed by atoms with Gasteiger partial charge in [0.25, 0.3) is 11.8 Å². The average Bonchev–Trinajstić information content (AvgIpc) is 2.87. The molecule has 6 N–H and O–H groups in total. The molecule has 0 aliphatic carbocycles. The van der Waals surface area contributed by atoms with Crippen molar-refractivity contribution >= 4 is 34.3 Å². The van der Waals surface area contributed by atoms with E-state index in [0.717, 1.165) is 63.8 Å². The zero-order chi connectivity index (χ0) is 26.6. The Hall–Kier alpha value is -3.05. The summed E-state index contributed by atoms with van der Waals surface area (Å²) in [4.78, 5) is 41.9. The fourth-order valence-electron chi connectivity index (χ4n) is 4.31. The van der Waals surface area contributed by atoms with Gasteiger partial charge in [-0.25, -0.2) is 4.79 Å². The van der Waals surface area contributed by atoms with E-state index in [1.165, 1.54) is 4.90 Å². The molecular weight excluding hydrogens is 470 g/mol. The maximum absolute atomic E-state index is 13.2. The minimum atomic E-state index is -0.337. The molecule has 0 bridgehead atoms. The molecule has 2 aromatic carbocycles. The Morgan fingerprint density at radius 1 is 0.892 bits per heavy atom. The van der Waals surface area contributed by atoms with E-state index < -0.39 is 0 Å². The van der Waals surface area contributed by atoms with Crippen molar-refractivity contribution in [1.29, 1.82) is 0 Å². The van der Waals surface area contributed by atoms with Crippen molar-refractivity contribution in [2.45, 2.75) is 25.7 Å². The van der Waals surface area contributed by atoms with Gasteiger partial charge in [0.05, 0.1) is 5.56 Å². The fraction of sp³-hybridized carbons (Fsp3) is 0.519. The minimum Gasteiger partial charge on any atom is -0.338 e. The second-order valence-corrected chi connectivity index (χ2v) is 9.58. The number of amides is 4. The highest BCUT2D eigenvalue weighted by Gasteiger charge is 2.33. The standard InChI is InChI=1S/C27H41N7O3/c1-33(2)16-17-34-25(35)22-9-5-8-20-18-21(19-23(24(20)22)26(34)36)32-27(37)31-15-7-14-30-13-6-12-29-11-4-3-10-28/h5,8-9,18-19,29-30H,3-4,6-7,10-17,28H2,1-2H3,(H2,31,32,37). The molecule has 10 nitrogen and oxygen atoms in total. The molecule has 0 fully saturated rings. The second kappa shape index (κ2) is 14.6. The largest absolute Gasteiger partial charge is 0.338 e. The monoisotopic (exact) mass is 511 g/mol. The summed E-state index contributed by atoms with van der Waals surface area (Å²) in [5.74, 6) is -0.618.